The summed E-state index contributed by atoms with van der Waals surface area (Å²) in [5, 5.41) is 0. The van der Waals surface area contributed by atoms with Crippen molar-refractivity contribution in [2.45, 2.75) is 12.8 Å². The molecule has 0 atom stereocenters. The van der Waals surface area contributed by atoms with E-state index in [-0.39, 0.29) is 0 Å². The van der Waals surface area contributed by atoms with Crippen molar-refractivity contribution in [1.82, 2.24) is 4.98 Å². The fourth-order valence-corrected chi connectivity index (χ4v) is 5.73. The zero-order valence-electron chi connectivity index (χ0n) is 18.2. The quantitative estimate of drug-likeness (QED) is 0.301. The Morgan fingerprint density at radius 1 is 0.545 bits per heavy atom. The maximum atomic E-state index is 6.98. The number of nitrogens with zero attached hydrogens (tertiary/aromatic N) is 1. The van der Waals surface area contributed by atoms with Gasteiger partial charge in [-0.15, -0.1) is 0 Å². The first kappa shape index (κ1) is 18.4. The van der Waals surface area contributed by atoms with E-state index in [1.165, 1.54) is 55.6 Å². The van der Waals surface area contributed by atoms with Gasteiger partial charge in [-0.05, 0) is 68.1 Å². The van der Waals surface area contributed by atoms with Gasteiger partial charge in [0.1, 0.15) is 0 Å². The third-order valence-corrected chi connectivity index (χ3v) is 7.26. The highest BCUT2D eigenvalue weighted by Crippen LogP contribution is 2.49. The molecule has 33 heavy (non-hydrogen) atoms. The second-order valence-electron chi connectivity index (χ2n) is 8.98. The van der Waals surface area contributed by atoms with Crippen molar-refractivity contribution in [3.8, 4) is 44.5 Å². The lowest BCUT2D eigenvalue weighted by Gasteiger charge is -2.19. The smallest absolute Gasteiger partial charge is 0.0436 e. The summed E-state index contributed by atoms with van der Waals surface area (Å²) in [6.07, 6.45) is 5.59. The summed E-state index contributed by atoms with van der Waals surface area (Å²) < 4.78 is 0. The van der Waals surface area contributed by atoms with E-state index in [1.807, 2.05) is 18.5 Å². The van der Waals surface area contributed by atoms with Gasteiger partial charge in [0.2, 0.25) is 0 Å². The van der Waals surface area contributed by atoms with Crippen LogP contribution < -0.4 is 5.73 Å². The predicted molar refractivity (Wildman–Crippen MR) is 136 cm³/mol. The van der Waals surface area contributed by atoms with Gasteiger partial charge in [0.15, 0.2) is 0 Å². The normalized spacial score (nSPS) is 12.7. The van der Waals surface area contributed by atoms with Crippen LogP contribution in [0.2, 0.25) is 0 Å². The van der Waals surface area contributed by atoms with Crippen LogP contribution in [0.4, 0.5) is 5.69 Å². The maximum absolute atomic E-state index is 6.98. The highest BCUT2D eigenvalue weighted by molar-refractivity contribution is 5.99. The SMILES string of the molecule is Nc1c(-c2c(-c3cccnc3)ccc3c2Cc2ccccc2-3)ccc2c1Cc1ccccc1-2. The Bertz CT molecular complexity index is 1560. The van der Waals surface area contributed by atoms with Crippen LogP contribution >= 0.6 is 0 Å². The molecular formula is C31H22N2. The molecule has 0 saturated carbocycles. The molecule has 0 bridgehead atoms. The van der Waals surface area contributed by atoms with Crippen molar-refractivity contribution in [3.05, 3.63) is 120 Å². The number of nitrogens with two attached hydrogens (primary N) is 1. The Hall–Kier alpha value is -4.17. The molecule has 0 saturated heterocycles. The van der Waals surface area contributed by atoms with Crippen LogP contribution in [-0.4, -0.2) is 4.98 Å². The molecular weight excluding hydrogens is 400 g/mol. The van der Waals surface area contributed by atoms with E-state index in [0.717, 1.165) is 29.7 Å². The number of nitrogen functional groups attached to an aromatic ring is 1. The van der Waals surface area contributed by atoms with Crippen LogP contribution in [0.25, 0.3) is 44.5 Å². The van der Waals surface area contributed by atoms with Gasteiger partial charge in [0.25, 0.3) is 0 Å². The van der Waals surface area contributed by atoms with E-state index >= 15 is 0 Å². The van der Waals surface area contributed by atoms with Crippen molar-refractivity contribution >= 4 is 5.69 Å². The van der Waals surface area contributed by atoms with E-state index in [9.17, 15) is 0 Å². The maximum Gasteiger partial charge on any atom is 0.0436 e. The van der Waals surface area contributed by atoms with Gasteiger partial charge in [-0.25, -0.2) is 0 Å². The van der Waals surface area contributed by atoms with Gasteiger partial charge >= 0.3 is 0 Å². The molecule has 0 amide bonds. The number of aromatic nitrogens is 1. The average Bonchev–Trinajstić information content (AvgIpc) is 3.44. The van der Waals surface area contributed by atoms with Gasteiger partial charge in [-0.1, -0.05) is 78.9 Å². The molecule has 2 aliphatic rings. The lowest BCUT2D eigenvalue weighted by molar-refractivity contribution is 1.25. The van der Waals surface area contributed by atoms with Crippen LogP contribution in [0.5, 0.6) is 0 Å². The molecule has 1 aromatic heterocycles. The van der Waals surface area contributed by atoms with Gasteiger partial charge in [0, 0.05) is 35.6 Å². The number of fused-ring (bicyclic) bond motifs is 6. The molecule has 0 spiro atoms. The second kappa shape index (κ2) is 6.91. The molecule has 2 aliphatic carbocycles. The van der Waals surface area contributed by atoms with Gasteiger partial charge in [0.05, 0.1) is 0 Å². The molecule has 1 heterocycles. The third kappa shape index (κ3) is 2.64. The zero-order valence-corrected chi connectivity index (χ0v) is 18.2. The zero-order chi connectivity index (χ0) is 21.9. The number of anilines is 1. The summed E-state index contributed by atoms with van der Waals surface area (Å²) in [5.41, 5.74) is 23.1. The first-order valence-corrected chi connectivity index (χ1v) is 11.4. The summed E-state index contributed by atoms with van der Waals surface area (Å²) in [7, 11) is 0. The molecule has 0 fully saturated rings. The Labute approximate surface area is 193 Å². The van der Waals surface area contributed by atoms with Crippen LogP contribution in [0, 0.1) is 0 Å². The van der Waals surface area contributed by atoms with Gasteiger partial charge in [-0.3, -0.25) is 4.98 Å². The van der Waals surface area contributed by atoms with Crippen LogP contribution in [-0.2, 0) is 12.8 Å². The third-order valence-electron chi connectivity index (χ3n) is 7.26. The number of rotatable bonds is 2. The molecule has 156 valence electrons. The minimum Gasteiger partial charge on any atom is -0.398 e. The van der Waals surface area contributed by atoms with E-state index in [1.54, 1.807) is 0 Å². The van der Waals surface area contributed by atoms with E-state index in [4.69, 9.17) is 5.73 Å². The van der Waals surface area contributed by atoms with Crippen LogP contribution in [0.1, 0.15) is 22.3 Å². The van der Waals surface area contributed by atoms with Crippen LogP contribution in [0.3, 0.4) is 0 Å². The first-order valence-electron chi connectivity index (χ1n) is 11.4. The minimum atomic E-state index is 0.892. The summed E-state index contributed by atoms with van der Waals surface area (Å²) in [4.78, 5) is 4.40. The summed E-state index contributed by atoms with van der Waals surface area (Å²) in [6, 6.07) is 30.5. The number of hydrogen-bond acceptors (Lipinski definition) is 2. The summed E-state index contributed by atoms with van der Waals surface area (Å²) in [5.74, 6) is 0. The summed E-state index contributed by atoms with van der Waals surface area (Å²) >= 11 is 0. The minimum absolute atomic E-state index is 0.892. The van der Waals surface area contributed by atoms with Crippen molar-refractivity contribution in [1.29, 1.82) is 0 Å². The standard InChI is InChI=1S/C31H22N2/c32-31-27(14-13-26-23-10-4-2-7-20(23)17-29(26)31)30-24(21-8-5-15-33-18-21)11-12-25-22-9-3-1-6-19(22)16-28(25)30/h1-15,18H,16-17,32H2. The highest BCUT2D eigenvalue weighted by atomic mass is 14.6. The van der Waals surface area contributed by atoms with Crippen molar-refractivity contribution in [2.24, 2.45) is 0 Å². The Morgan fingerprint density at radius 2 is 1.15 bits per heavy atom. The fourth-order valence-electron chi connectivity index (χ4n) is 5.73. The van der Waals surface area contributed by atoms with Crippen molar-refractivity contribution < 1.29 is 0 Å². The molecule has 2 heteroatoms. The summed E-state index contributed by atoms with van der Waals surface area (Å²) in [6.45, 7) is 0. The Balaban J connectivity index is 1.50. The van der Waals surface area contributed by atoms with Crippen molar-refractivity contribution in [2.75, 3.05) is 5.73 Å². The molecule has 0 unspecified atom stereocenters. The second-order valence-corrected chi connectivity index (χ2v) is 8.98. The lowest BCUT2D eigenvalue weighted by atomic mass is 9.86. The molecule has 0 aliphatic heterocycles. The van der Waals surface area contributed by atoms with E-state index in [2.05, 4.69) is 83.8 Å². The Kier molecular flexibility index (Phi) is 3.86. The molecule has 2 nitrogen and oxygen atoms in total. The van der Waals surface area contributed by atoms with E-state index in [0.29, 0.717) is 0 Å². The fraction of sp³-hybridized carbons (Fsp3) is 0.0645. The molecule has 0 radical (unpaired) electrons. The van der Waals surface area contributed by atoms with E-state index < -0.39 is 0 Å². The Morgan fingerprint density at radius 3 is 1.85 bits per heavy atom. The lowest BCUT2D eigenvalue weighted by Crippen LogP contribution is -2.00. The highest BCUT2D eigenvalue weighted by Gasteiger charge is 2.28. The monoisotopic (exact) mass is 422 g/mol. The molecule has 5 aromatic rings. The largest absolute Gasteiger partial charge is 0.398 e. The van der Waals surface area contributed by atoms with Crippen molar-refractivity contribution in [3.63, 3.8) is 0 Å². The molecule has 4 aromatic carbocycles. The first-order chi connectivity index (χ1) is 16.3. The number of pyridine rings is 1. The van der Waals surface area contributed by atoms with Crippen LogP contribution in [0.15, 0.2) is 97.3 Å². The average molecular weight is 423 g/mol. The topological polar surface area (TPSA) is 38.9 Å². The predicted octanol–water partition coefficient (Wildman–Crippen LogP) is 7.14. The number of hydrogen-bond donors (Lipinski definition) is 1. The van der Waals surface area contributed by atoms with Gasteiger partial charge < -0.3 is 5.73 Å². The number of benzene rings is 4. The molecule has 2 N–H and O–H groups in total. The van der Waals surface area contributed by atoms with Gasteiger partial charge in [-0.2, -0.15) is 0 Å². The molecule has 7 rings (SSSR count).